The van der Waals surface area contributed by atoms with Gasteiger partial charge in [-0.05, 0) is 11.4 Å². The van der Waals surface area contributed by atoms with Crippen LogP contribution in [0.2, 0.25) is 0 Å². The van der Waals surface area contributed by atoms with E-state index in [2.05, 4.69) is 0 Å². The van der Waals surface area contributed by atoms with E-state index in [-0.39, 0.29) is 0 Å². The molecule has 1 aromatic heterocycles. The molecule has 0 atom stereocenters. The average Bonchev–Trinajstić information content (AvgIpc) is 2.41. The Labute approximate surface area is 64.4 Å². The molecule has 0 aliphatic rings. The van der Waals surface area contributed by atoms with Gasteiger partial charge >= 0.3 is 0 Å². The SMILES string of the molecule is COCOCc1cccs1. The van der Waals surface area contributed by atoms with Gasteiger partial charge in [-0.1, -0.05) is 6.07 Å². The Kier molecular flexibility index (Phi) is 3.43. The maximum absolute atomic E-state index is 5.12. The molecule has 0 saturated carbocycles. The second-order valence-corrected chi connectivity index (χ2v) is 2.87. The van der Waals surface area contributed by atoms with Gasteiger partial charge in [-0.2, -0.15) is 0 Å². The van der Waals surface area contributed by atoms with E-state index in [0.29, 0.717) is 13.4 Å². The van der Waals surface area contributed by atoms with Crippen LogP contribution in [-0.2, 0) is 16.1 Å². The number of thiophene rings is 1. The smallest absolute Gasteiger partial charge is 0.146 e. The van der Waals surface area contributed by atoms with Crippen molar-refractivity contribution in [3.05, 3.63) is 22.4 Å². The van der Waals surface area contributed by atoms with Gasteiger partial charge in [0.05, 0.1) is 6.61 Å². The summed E-state index contributed by atoms with van der Waals surface area (Å²) in [5, 5.41) is 2.03. The first-order chi connectivity index (χ1) is 4.93. The zero-order chi connectivity index (χ0) is 7.23. The summed E-state index contributed by atoms with van der Waals surface area (Å²) >= 11 is 1.69. The van der Waals surface area contributed by atoms with Crippen molar-refractivity contribution in [2.45, 2.75) is 6.61 Å². The molecule has 0 aromatic carbocycles. The third-order valence-electron chi connectivity index (χ3n) is 1.03. The average molecular weight is 158 g/mol. The van der Waals surface area contributed by atoms with Gasteiger partial charge < -0.3 is 9.47 Å². The third kappa shape index (κ3) is 2.47. The zero-order valence-electron chi connectivity index (χ0n) is 5.87. The van der Waals surface area contributed by atoms with E-state index < -0.39 is 0 Å². The Morgan fingerprint density at radius 1 is 1.60 bits per heavy atom. The van der Waals surface area contributed by atoms with Crippen molar-refractivity contribution in [1.82, 2.24) is 0 Å². The van der Waals surface area contributed by atoms with Crippen molar-refractivity contribution in [2.24, 2.45) is 0 Å². The van der Waals surface area contributed by atoms with Crippen molar-refractivity contribution in [3.63, 3.8) is 0 Å². The molecule has 0 unspecified atom stereocenters. The van der Waals surface area contributed by atoms with Crippen molar-refractivity contribution in [2.75, 3.05) is 13.9 Å². The Balaban J connectivity index is 2.15. The summed E-state index contributed by atoms with van der Waals surface area (Å²) in [4.78, 5) is 1.23. The maximum Gasteiger partial charge on any atom is 0.146 e. The van der Waals surface area contributed by atoms with Gasteiger partial charge in [0.2, 0.25) is 0 Å². The Bertz CT molecular complexity index is 160. The molecule has 0 aliphatic carbocycles. The van der Waals surface area contributed by atoms with Crippen LogP contribution in [0.1, 0.15) is 4.88 Å². The summed E-state index contributed by atoms with van der Waals surface area (Å²) < 4.78 is 9.84. The van der Waals surface area contributed by atoms with Crippen molar-refractivity contribution < 1.29 is 9.47 Å². The molecule has 1 heterocycles. The van der Waals surface area contributed by atoms with Crippen molar-refractivity contribution in [1.29, 1.82) is 0 Å². The molecular weight excluding hydrogens is 148 g/mol. The molecule has 0 bridgehead atoms. The predicted molar refractivity (Wildman–Crippen MR) is 41.0 cm³/mol. The highest BCUT2D eigenvalue weighted by Crippen LogP contribution is 2.08. The first kappa shape index (κ1) is 7.72. The summed E-state index contributed by atoms with van der Waals surface area (Å²) in [6.07, 6.45) is 0. The second kappa shape index (κ2) is 4.44. The molecule has 10 heavy (non-hydrogen) atoms. The molecule has 0 saturated heterocycles. The molecule has 0 spiro atoms. The Morgan fingerprint density at radius 3 is 3.10 bits per heavy atom. The van der Waals surface area contributed by atoms with Gasteiger partial charge in [0.15, 0.2) is 0 Å². The van der Waals surface area contributed by atoms with E-state index in [0.717, 1.165) is 0 Å². The Morgan fingerprint density at radius 2 is 2.50 bits per heavy atom. The fourth-order valence-electron chi connectivity index (χ4n) is 0.620. The number of hydrogen-bond acceptors (Lipinski definition) is 3. The molecule has 1 aromatic rings. The van der Waals surface area contributed by atoms with Gasteiger partial charge in [-0.15, -0.1) is 11.3 Å². The lowest BCUT2D eigenvalue weighted by molar-refractivity contribution is -0.0381. The van der Waals surface area contributed by atoms with Crippen molar-refractivity contribution in [3.8, 4) is 0 Å². The molecule has 0 fully saturated rings. The topological polar surface area (TPSA) is 18.5 Å². The van der Waals surface area contributed by atoms with Crippen LogP contribution >= 0.6 is 11.3 Å². The van der Waals surface area contributed by atoms with Gasteiger partial charge in [0.1, 0.15) is 6.79 Å². The lowest BCUT2D eigenvalue weighted by Gasteiger charge is -1.98. The van der Waals surface area contributed by atoms with Crippen LogP contribution in [0.4, 0.5) is 0 Å². The first-order valence-corrected chi connectivity index (χ1v) is 3.90. The summed E-state index contributed by atoms with van der Waals surface area (Å²) in [6.45, 7) is 1.03. The lowest BCUT2D eigenvalue weighted by atomic mass is 10.5. The van der Waals surface area contributed by atoms with Gasteiger partial charge in [0, 0.05) is 12.0 Å². The maximum atomic E-state index is 5.12. The number of rotatable bonds is 4. The lowest BCUT2D eigenvalue weighted by Crippen LogP contribution is -1.94. The van der Waals surface area contributed by atoms with E-state index in [9.17, 15) is 0 Å². The number of hydrogen-bond donors (Lipinski definition) is 0. The minimum absolute atomic E-state index is 0.373. The molecule has 1 rings (SSSR count). The summed E-state index contributed by atoms with van der Waals surface area (Å²) in [5.74, 6) is 0. The monoisotopic (exact) mass is 158 g/mol. The number of methoxy groups -OCH3 is 1. The molecule has 0 N–H and O–H groups in total. The van der Waals surface area contributed by atoms with Gasteiger partial charge in [-0.25, -0.2) is 0 Å². The van der Waals surface area contributed by atoms with Crippen LogP contribution < -0.4 is 0 Å². The molecular formula is C7H10O2S. The summed E-state index contributed by atoms with van der Waals surface area (Å²) in [5.41, 5.74) is 0. The highest BCUT2D eigenvalue weighted by molar-refractivity contribution is 7.09. The first-order valence-electron chi connectivity index (χ1n) is 3.02. The normalized spacial score (nSPS) is 10.1. The minimum atomic E-state index is 0.373. The van der Waals surface area contributed by atoms with E-state index >= 15 is 0 Å². The number of ether oxygens (including phenoxy) is 2. The van der Waals surface area contributed by atoms with E-state index in [1.807, 2.05) is 17.5 Å². The molecule has 0 aliphatic heterocycles. The van der Waals surface area contributed by atoms with Crippen LogP contribution in [0.5, 0.6) is 0 Å². The van der Waals surface area contributed by atoms with E-state index in [4.69, 9.17) is 9.47 Å². The van der Waals surface area contributed by atoms with Crippen LogP contribution in [0.25, 0.3) is 0 Å². The quantitative estimate of drug-likeness (QED) is 0.492. The van der Waals surface area contributed by atoms with Gasteiger partial charge in [0.25, 0.3) is 0 Å². The van der Waals surface area contributed by atoms with Crippen LogP contribution in [0.3, 0.4) is 0 Å². The van der Waals surface area contributed by atoms with Crippen molar-refractivity contribution >= 4 is 11.3 Å². The van der Waals surface area contributed by atoms with Crippen LogP contribution in [0, 0.1) is 0 Å². The predicted octanol–water partition coefficient (Wildman–Crippen LogP) is 1.87. The minimum Gasteiger partial charge on any atom is -0.359 e. The molecule has 0 amide bonds. The van der Waals surface area contributed by atoms with Crippen LogP contribution in [0.15, 0.2) is 17.5 Å². The third-order valence-corrected chi connectivity index (χ3v) is 1.88. The molecule has 0 radical (unpaired) electrons. The largest absolute Gasteiger partial charge is 0.359 e. The van der Waals surface area contributed by atoms with Crippen LogP contribution in [-0.4, -0.2) is 13.9 Å². The molecule has 3 heteroatoms. The molecule has 2 nitrogen and oxygen atoms in total. The summed E-state index contributed by atoms with van der Waals surface area (Å²) in [6, 6.07) is 4.05. The van der Waals surface area contributed by atoms with E-state index in [1.165, 1.54) is 4.88 Å². The molecule has 56 valence electrons. The fraction of sp³-hybridized carbons (Fsp3) is 0.429. The Hall–Kier alpha value is -0.380. The highest BCUT2D eigenvalue weighted by Gasteiger charge is 1.90. The second-order valence-electron chi connectivity index (χ2n) is 1.83. The summed E-state index contributed by atoms with van der Waals surface area (Å²) in [7, 11) is 1.62. The fourth-order valence-corrected chi connectivity index (χ4v) is 1.26. The zero-order valence-corrected chi connectivity index (χ0v) is 6.69. The highest BCUT2D eigenvalue weighted by atomic mass is 32.1. The van der Waals surface area contributed by atoms with E-state index in [1.54, 1.807) is 18.4 Å². The standard InChI is InChI=1S/C7H10O2S/c1-8-6-9-5-7-3-2-4-10-7/h2-4H,5-6H2,1H3. The van der Waals surface area contributed by atoms with Gasteiger partial charge in [-0.3, -0.25) is 0 Å².